The molecule has 0 aliphatic carbocycles. The molecule has 0 spiro atoms. The van der Waals surface area contributed by atoms with E-state index in [0.717, 1.165) is 10.6 Å². The molecule has 5 nitrogen and oxygen atoms in total. The lowest BCUT2D eigenvalue weighted by molar-refractivity contribution is 0.871. The molecule has 1 heterocycles. The quantitative estimate of drug-likeness (QED) is 0.852. The van der Waals surface area contributed by atoms with E-state index < -0.39 is 0 Å². The standard InChI is InChI=1S/C10H12ClN5/c1-16(10-13-9(12)14-15-10)6-7-3-2-4-8(11)5-7/h2-5H,6H2,1H3,(H3,12,13,14,15). The van der Waals surface area contributed by atoms with Crippen LogP contribution in [0.25, 0.3) is 0 Å². The summed E-state index contributed by atoms with van der Waals surface area (Å²) in [5, 5.41) is 7.28. The Morgan fingerprint density at radius 1 is 1.50 bits per heavy atom. The van der Waals surface area contributed by atoms with Crippen LogP contribution in [0.3, 0.4) is 0 Å². The number of nitrogen functional groups attached to an aromatic ring is 1. The largest absolute Gasteiger partial charge is 0.368 e. The zero-order valence-electron chi connectivity index (χ0n) is 8.81. The van der Waals surface area contributed by atoms with Gasteiger partial charge in [0.2, 0.25) is 11.9 Å². The molecule has 0 fully saturated rings. The molecule has 0 amide bonds. The van der Waals surface area contributed by atoms with Gasteiger partial charge in [0.25, 0.3) is 0 Å². The van der Waals surface area contributed by atoms with Crippen molar-refractivity contribution in [1.82, 2.24) is 15.2 Å². The molecule has 0 radical (unpaired) electrons. The SMILES string of the molecule is CN(Cc1cccc(Cl)c1)c1n[nH]c(N)n1. The van der Waals surface area contributed by atoms with Crippen molar-refractivity contribution in [3.05, 3.63) is 34.9 Å². The van der Waals surface area contributed by atoms with E-state index in [1.807, 2.05) is 36.2 Å². The lowest BCUT2D eigenvalue weighted by Gasteiger charge is -2.14. The molecule has 0 aliphatic rings. The van der Waals surface area contributed by atoms with E-state index in [1.165, 1.54) is 0 Å². The first-order chi connectivity index (χ1) is 7.65. The molecule has 1 aromatic heterocycles. The summed E-state index contributed by atoms with van der Waals surface area (Å²) in [5.41, 5.74) is 6.55. The Morgan fingerprint density at radius 2 is 2.31 bits per heavy atom. The van der Waals surface area contributed by atoms with Gasteiger partial charge in [0, 0.05) is 18.6 Å². The number of nitrogens with zero attached hydrogens (tertiary/aromatic N) is 3. The predicted molar refractivity (Wildman–Crippen MR) is 64.4 cm³/mol. The Bertz CT molecular complexity index is 482. The maximum absolute atomic E-state index is 5.90. The van der Waals surface area contributed by atoms with Crippen LogP contribution in [0.5, 0.6) is 0 Å². The van der Waals surface area contributed by atoms with Crippen molar-refractivity contribution >= 4 is 23.5 Å². The van der Waals surface area contributed by atoms with E-state index in [1.54, 1.807) is 0 Å². The van der Waals surface area contributed by atoms with Crippen molar-refractivity contribution in [3.63, 3.8) is 0 Å². The summed E-state index contributed by atoms with van der Waals surface area (Å²) in [6.07, 6.45) is 0. The predicted octanol–water partition coefficient (Wildman–Crippen LogP) is 1.68. The van der Waals surface area contributed by atoms with E-state index in [9.17, 15) is 0 Å². The molecule has 1 aromatic carbocycles. The number of nitrogens with one attached hydrogen (secondary N) is 1. The second kappa shape index (κ2) is 4.40. The maximum atomic E-state index is 5.90. The van der Waals surface area contributed by atoms with Crippen LogP contribution in [0.4, 0.5) is 11.9 Å². The molecule has 6 heteroatoms. The summed E-state index contributed by atoms with van der Waals surface area (Å²) in [7, 11) is 1.89. The minimum Gasteiger partial charge on any atom is -0.368 e. The summed E-state index contributed by atoms with van der Waals surface area (Å²) in [6, 6.07) is 7.67. The zero-order chi connectivity index (χ0) is 11.5. The molecule has 0 atom stereocenters. The third kappa shape index (κ3) is 2.43. The zero-order valence-corrected chi connectivity index (χ0v) is 9.57. The summed E-state index contributed by atoms with van der Waals surface area (Å²) < 4.78 is 0. The number of aromatic nitrogens is 3. The summed E-state index contributed by atoms with van der Waals surface area (Å²) in [4.78, 5) is 5.92. The van der Waals surface area contributed by atoms with E-state index in [4.69, 9.17) is 17.3 Å². The van der Waals surface area contributed by atoms with Gasteiger partial charge >= 0.3 is 0 Å². The summed E-state index contributed by atoms with van der Waals surface area (Å²) >= 11 is 5.90. The first-order valence-electron chi connectivity index (χ1n) is 4.78. The number of aromatic amines is 1. The second-order valence-electron chi connectivity index (χ2n) is 3.51. The molecule has 2 aromatic rings. The third-order valence-electron chi connectivity index (χ3n) is 2.14. The van der Waals surface area contributed by atoms with Crippen LogP contribution in [-0.4, -0.2) is 22.2 Å². The van der Waals surface area contributed by atoms with Crippen LogP contribution >= 0.6 is 11.6 Å². The van der Waals surface area contributed by atoms with Crippen molar-refractivity contribution < 1.29 is 0 Å². The topological polar surface area (TPSA) is 70.8 Å². The Kier molecular flexibility index (Phi) is 2.96. The Balaban J connectivity index is 2.10. The van der Waals surface area contributed by atoms with E-state index in [0.29, 0.717) is 18.4 Å². The Morgan fingerprint density at radius 3 is 2.94 bits per heavy atom. The van der Waals surface area contributed by atoms with Gasteiger partial charge in [-0.3, -0.25) is 0 Å². The third-order valence-corrected chi connectivity index (χ3v) is 2.38. The molecular formula is C10H12ClN5. The highest BCUT2D eigenvalue weighted by molar-refractivity contribution is 6.30. The summed E-state index contributed by atoms with van der Waals surface area (Å²) in [6.45, 7) is 0.678. The normalized spacial score (nSPS) is 10.4. The molecule has 0 unspecified atom stereocenters. The van der Waals surface area contributed by atoms with Crippen LogP contribution in [0.15, 0.2) is 24.3 Å². The van der Waals surface area contributed by atoms with Crippen molar-refractivity contribution in [2.24, 2.45) is 0 Å². The number of nitrogens with two attached hydrogens (primary N) is 1. The Labute approximate surface area is 98.2 Å². The van der Waals surface area contributed by atoms with Crippen LogP contribution in [0.1, 0.15) is 5.56 Å². The first-order valence-corrected chi connectivity index (χ1v) is 5.16. The monoisotopic (exact) mass is 237 g/mol. The number of H-pyrrole nitrogens is 1. The molecule has 3 N–H and O–H groups in total. The molecule has 0 aliphatic heterocycles. The van der Waals surface area contributed by atoms with E-state index in [-0.39, 0.29) is 0 Å². The fourth-order valence-electron chi connectivity index (χ4n) is 1.42. The number of hydrogen-bond acceptors (Lipinski definition) is 4. The van der Waals surface area contributed by atoms with Gasteiger partial charge in [-0.15, -0.1) is 5.10 Å². The molecule has 0 bridgehead atoms. The van der Waals surface area contributed by atoms with Gasteiger partial charge in [0.1, 0.15) is 0 Å². The fourth-order valence-corrected chi connectivity index (χ4v) is 1.63. The van der Waals surface area contributed by atoms with Crippen LogP contribution < -0.4 is 10.6 Å². The van der Waals surface area contributed by atoms with E-state index in [2.05, 4.69) is 15.2 Å². The number of benzene rings is 1. The minimum absolute atomic E-state index is 0.313. The molecular weight excluding hydrogens is 226 g/mol. The maximum Gasteiger partial charge on any atom is 0.246 e. The van der Waals surface area contributed by atoms with Gasteiger partial charge in [0.15, 0.2) is 0 Å². The number of hydrogen-bond donors (Lipinski definition) is 2. The highest BCUT2D eigenvalue weighted by Gasteiger charge is 2.07. The van der Waals surface area contributed by atoms with Gasteiger partial charge in [-0.05, 0) is 17.7 Å². The van der Waals surface area contributed by atoms with Crippen molar-refractivity contribution in [2.75, 3.05) is 17.7 Å². The number of rotatable bonds is 3. The Hall–Kier alpha value is -1.75. The van der Waals surface area contributed by atoms with Crippen molar-refractivity contribution in [3.8, 4) is 0 Å². The second-order valence-corrected chi connectivity index (χ2v) is 3.94. The number of halogens is 1. The lowest BCUT2D eigenvalue weighted by atomic mass is 10.2. The van der Waals surface area contributed by atoms with Gasteiger partial charge in [-0.25, -0.2) is 5.10 Å². The highest BCUT2D eigenvalue weighted by atomic mass is 35.5. The smallest absolute Gasteiger partial charge is 0.246 e. The van der Waals surface area contributed by atoms with Gasteiger partial charge in [-0.2, -0.15) is 4.98 Å². The van der Waals surface area contributed by atoms with Crippen LogP contribution in [0.2, 0.25) is 5.02 Å². The summed E-state index contributed by atoms with van der Waals surface area (Å²) in [5.74, 6) is 0.880. The average molecular weight is 238 g/mol. The molecule has 2 rings (SSSR count). The van der Waals surface area contributed by atoms with Gasteiger partial charge < -0.3 is 10.6 Å². The van der Waals surface area contributed by atoms with Crippen LogP contribution in [-0.2, 0) is 6.54 Å². The molecule has 0 saturated carbocycles. The lowest BCUT2D eigenvalue weighted by Crippen LogP contribution is -2.17. The van der Waals surface area contributed by atoms with Gasteiger partial charge in [0.05, 0.1) is 0 Å². The highest BCUT2D eigenvalue weighted by Crippen LogP contribution is 2.14. The van der Waals surface area contributed by atoms with Crippen molar-refractivity contribution in [2.45, 2.75) is 6.54 Å². The average Bonchev–Trinajstić information content (AvgIpc) is 2.65. The van der Waals surface area contributed by atoms with Crippen molar-refractivity contribution in [1.29, 1.82) is 0 Å². The van der Waals surface area contributed by atoms with Crippen LogP contribution in [0, 0.1) is 0 Å². The minimum atomic E-state index is 0.313. The molecule has 84 valence electrons. The van der Waals surface area contributed by atoms with Gasteiger partial charge in [-0.1, -0.05) is 23.7 Å². The molecule has 0 saturated heterocycles. The fraction of sp³-hybridized carbons (Fsp3) is 0.200. The first kappa shape index (κ1) is 10.8. The number of anilines is 2. The van der Waals surface area contributed by atoms with E-state index >= 15 is 0 Å². The molecule has 16 heavy (non-hydrogen) atoms.